The van der Waals surface area contributed by atoms with E-state index in [9.17, 15) is 18.3 Å². The highest BCUT2D eigenvalue weighted by Crippen LogP contribution is 2.51. The number of hydrogen-bond acceptors (Lipinski definition) is 5. The fraction of sp³-hybridized carbons (Fsp3) is 0.545. The van der Waals surface area contributed by atoms with E-state index in [2.05, 4.69) is 4.98 Å². The van der Waals surface area contributed by atoms with Gasteiger partial charge in [0, 0.05) is 23.7 Å². The first-order valence-corrected chi connectivity index (χ1v) is 6.48. The number of nitrogens with zero attached hydrogens (tertiary/aromatic N) is 1. The van der Waals surface area contributed by atoms with Crippen LogP contribution < -0.4 is 0 Å². The molecule has 2 aliphatic rings. The Morgan fingerprint density at radius 1 is 1.32 bits per heavy atom. The minimum atomic E-state index is -4.44. The zero-order valence-electron chi connectivity index (χ0n) is 9.66. The molecular weight excluding hydrogens is 283 g/mol. The van der Waals surface area contributed by atoms with Gasteiger partial charge >= 0.3 is 5.51 Å². The molecule has 0 saturated carbocycles. The van der Waals surface area contributed by atoms with Gasteiger partial charge in [-0.25, -0.2) is 4.98 Å². The molecule has 1 aliphatic carbocycles. The number of aromatic nitrogens is 1. The summed E-state index contributed by atoms with van der Waals surface area (Å²) in [6.45, 7) is 0.649. The number of thioether (sulfide) groups is 1. The van der Waals surface area contributed by atoms with Gasteiger partial charge < -0.3 is 14.6 Å². The van der Waals surface area contributed by atoms with Crippen molar-refractivity contribution in [1.29, 1.82) is 0 Å². The fourth-order valence-electron chi connectivity index (χ4n) is 2.51. The predicted molar refractivity (Wildman–Crippen MR) is 59.7 cm³/mol. The second kappa shape index (κ2) is 4.26. The highest BCUT2D eigenvalue weighted by atomic mass is 32.2. The summed E-state index contributed by atoms with van der Waals surface area (Å²) in [7, 11) is 0. The molecule has 104 valence electrons. The fourth-order valence-corrected chi connectivity index (χ4v) is 3.22. The molecule has 1 fully saturated rings. The molecule has 1 aliphatic heterocycles. The molecule has 0 bridgehead atoms. The number of ether oxygens (including phenoxy) is 2. The van der Waals surface area contributed by atoms with Crippen LogP contribution in [0.4, 0.5) is 13.2 Å². The Morgan fingerprint density at radius 3 is 2.63 bits per heavy atom. The van der Waals surface area contributed by atoms with Crippen LogP contribution >= 0.6 is 11.8 Å². The van der Waals surface area contributed by atoms with Crippen molar-refractivity contribution in [2.75, 3.05) is 13.2 Å². The highest BCUT2D eigenvalue weighted by molar-refractivity contribution is 8.00. The number of aromatic hydroxyl groups is 1. The second-order valence-electron chi connectivity index (χ2n) is 4.30. The Bertz CT molecular complexity index is 515. The topological polar surface area (TPSA) is 51.6 Å². The van der Waals surface area contributed by atoms with Crippen LogP contribution in [0, 0.1) is 0 Å². The van der Waals surface area contributed by atoms with E-state index in [-0.39, 0.29) is 28.1 Å². The first-order valence-electron chi connectivity index (χ1n) is 5.66. The molecule has 3 rings (SSSR count). The van der Waals surface area contributed by atoms with Crippen molar-refractivity contribution >= 4 is 11.8 Å². The molecule has 1 aromatic rings. The van der Waals surface area contributed by atoms with Gasteiger partial charge in [0.15, 0.2) is 5.79 Å². The van der Waals surface area contributed by atoms with Crippen molar-refractivity contribution in [3.05, 3.63) is 17.3 Å². The van der Waals surface area contributed by atoms with Crippen molar-refractivity contribution in [3.8, 4) is 5.75 Å². The van der Waals surface area contributed by atoms with Crippen molar-refractivity contribution in [3.63, 3.8) is 0 Å². The molecule has 0 atom stereocenters. The average molecular weight is 293 g/mol. The molecule has 1 saturated heterocycles. The van der Waals surface area contributed by atoms with Crippen LogP contribution in [0.3, 0.4) is 0 Å². The van der Waals surface area contributed by atoms with E-state index in [0.717, 1.165) is 6.20 Å². The third kappa shape index (κ3) is 2.17. The average Bonchev–Trinajstić information content (AvgIpc) is 2.91. The first kappa shape index (κ1) is 13.0. The standard InChI is InChI=1S/C11H10F3NO3S/c12-11(13,14)19-9-8-6(7(16)5-15-9)1-2-10(8)17-3-4-18-10/h5,16H,1-4H2. The molecule has 0 radical (unpaired) electrons. The number of halogens is 3. The summed E-state index contributed by atoms with van der Waals surface area (Å²) in [6.07, 6.45) is 1.85. The molecule has 8 heteroatoms. The zero-order chi connectivity index (χ0) is 13.7. The summed E-state index contributed by atoms with van der Waals surface area (Å²) in [5, 5.41) is 9.53. The van der Waals surface area contributed by atoms with E-state index >= 15 is 0 Å². The minimum absolute atomic E-state index is 0.113. The van der Waals surface area contributed by atoms with Crippen LogP contribution in [0.15, 0.2) is 11.2 Å². The predicted octanol–water partition coefficient (Wildman–Crippen LogP) is 2.54. The Labute approximate surface area is 110 Å². The molecule has 4 nitrogen and oxygen atoms in total. The third-order valence-corrected chi connectivity index (χ3v) is 3.91. The van der Waals surface area contributed by atoms with Gasteiger partial charge in [0.05, 0.1) is 25.0 Å². The summed E-state index contributed by atoms with van der Waals surface area (Å²) in [6, 6.07) is 0. The molecule has 19 heavy (non-hydrogen) atoms. The van der Waals surface area contributed by atoms with E-state index in [1.54, 1.807) is 0 Å². The highest BCUT2D eigenvalue weighted by Gasteiger charge is 2.49. The van der Waals surface area contributed by atoms with Gasteiger partial charge in [0.1, 0.15) is 10.8 Å². The van der Waals surface area contributed by atoms with Gasteiger partial charge in [0.2, 0.25) is 0 Å². The Hall–Kier alpha value is -0.990. The smallest absolute Gasteiger partial charge is 0.447 e. The number of fused-ring (bicyclic) bond motifs is 2. The molecule has 0 aromatic carbocycles. The molecule has 1 spiro atoms. The van der Waals surface area contributed by atoms with Crippen LogP contribution in [0.2, 0.25) is 0 Å². The summed E-state index contributed by atoms with van der Waals surface area (Å²) >= 11 is -0.307. The molecule has 0 amide bonds. The zero-order valence-corrected chi connectivity index (χ0v) is 10.5. The maximum absolute atomic E-state index is 12.6. The Morgan fingerprint density at radius 2 is 2.00 bits per heavy atom. The second-order valence-corrected chi connectivity index (χ2v) is 5.35. The monoisotopic (exact) mass is 293 g/mol. The van der Waals surface area contributed by atoms with Gasteiger partial charge in [-0.2, -0.15) is 13.2 Å². The summed E-state index contributed by atoms with van der Waals surface area (Å²) < 4.78 is 48.7. The third-order valence-electron chi connectivity index (χ3n) is 3.18. The summed E-state index contributed by atoms with van der Waals surface area (Å²) in [5.41, 5.74) is -3.78. The van der Waals surface area contributed by atoms with E-state index < -0.39 is 11.3 Å². The molecule has 0 unspecified atom stereocenters. The normalized spacial score (nSPS) is 21.0. The van der Waals surface area contributed by atoms with Crippen LogP contribution in [-0.2, 0) is 21.7 Å². The number of pyridine rings is 1. The lowest BCUT2D eigenvalue weighted by atomic mass is 10.1. The van der Waals surface area contributed by atoms with Gasteiger partial charge in [0.25, 0.3) is 0 Å². The van der Waals surface area contributed by atoms with Gasteiger partial charge in [-0.1, -0.05) is 0 Å². The van der Waals surface area contributed by atoms with Crippen molar-refractivity contribution in [2.24, 2.45) is 0 Å². The van der Waals surface area contributed by atoms with Crippen LogP contribution in [0.1, 0.15) is 17.5 Å². The molecular formula is C11H10F3NO3S. The van der Waals surface area contributed by atoms with Gasteiger partial charge in [-0.05, 0) is 6.42 Å². The number of rotatable bonds is 1. The van der Waals surface area contributed by atoms with E-state index in [1.807, 2.05) is 0 Å². The first-order chi connectivity index (χ1) is 8.91. The molecule has 1 N–H and O–H groups in total. The van der Waals surface area contributed by atoms with Gasteiger partial charge in [-0.3, -0.25) is 0 Å². The van der Waals surface area contributed by atoms with Crippen LogP contribution in [0.25, 0.3) is 0 Å². The number of hydrogen-bond donors (Lipinski definition) is 1. The van der Waals surface area contributed by atoms with E-state index in [4.69, 9.17) is 9.47 Å². The van der Waals surface area contributed by atoms with Crippen LogP contribution in [-0.4, -0.2) is 28.8 Å². The van der Waals surface area contributed by atoms with Crippen LogP contribution in [0.5, 0.6) is 5.75 Å². The van der Waals surface area contributed by atoms with E-state index in [0.29, 0.717) is 31.6 Å². The molecule has 1 aromatic heterocycles. The lowest BCUT2D eigenvalue weighted by Crippen LogP contribution is -2.25. The number of alkyl halides is 3. The Balaban J connectivity index is 2.10. The summed E-state index contributed by atoms with van der Waals surface area (Å²) in [4.78, 5) is 3.69. The Kier molecular flexibility index (Phi) is 2.91. The quantitative estimate of drug-likeness (QED) is 0.806. The van der Waals surface area contributed by atoms with E-state index in [1.165, 1.54) is 0 Å². The molecule has 2 heterocycles. The van der Waals surface area contributed by atoms with Gasteiger partial charge in [-0.15, -0.1) is 0 Å². The largest absolute Gasteiger partial charge is 0.506 e. The van der Waals surface area contributed by atoms with Crippen molar-refractivity contribution < 1.29 is 27.8 Å². The lowest BCUT2D eigenvalue weighted by Gasteiger charge is -2.24. The lowest BCUT2D eigenvalue weighted by molar-refractivity contribution is -0.165. The SMILES string of the molecule is Oc1cnc(SC(F)(F)F)c2c1CCC21OCCO1. The summed E-state index contributed by atoms with van der Waals surface area (Å²) in [5.74, 6) is -1.29. The maximum Gasteiger partial charge on any atom is 0.447 e. The maximum atomic E-state index is 12.6. The van der Waals surface area contributed by atoms with Crippen molar-refractivity contribution in [2.45, 2.75) is 29.2 Å². The minimum Gasteiger partial charge on any atom is -0.506 e. The van der Waals surface area contributed by atoms with Crippen molar-refractivity contribution in [1.82, 2.24) is 4.98 Å².